The van der Waals surface area contributed by atoms with Crippen molar-refractivity contribution in [3.05, 3.63) is 29.6 Å². The van der Waals surface area contributed by atoms with Crippen LogP contribution in [0.2, 0.25) is 0 Å². The van der Waals surface area contributed by atoms with E-state index in [2.05, 4.69) is 32.3 Å². The second-order valence-corrected chi connectivity index (χ2v) is 7.93. The molecule has 0 aromatic heterocycles. The summed E-state index contributed by atoms with van der Waals surface area (Å²) in [7, 11) is 1.75. The number of hydrogen-bond donors (Lipinski definition) is 2. The molecule has 1 aliphatic carbocycles. The fourth-order valence-electron chi connectivity index (χ4n) is 3.54. The van der Waals surface area contributed by atoms with Crippen LogP contribution < -0.4 is 15.5 Å². The van der Waals surface area contributed by atoms with E-state index in [-0.39, 0.29) is 5.82 Å². The van der Waals surface area contributed by atoms with Crippen molar-refractivity contribution >= 4 is 11.6 Å². The summed E-state index contributed by atoms with van der Waals surface area (Å²) in [6.45, 7) is 10.0. The lowest BCUT2D eigenvalue weighted by Crippen LogP contribution is -2.46. The minimum atomic E-state index is -0.148. The van der Waals surface area contributed by atoms with Crippen LogP contribution in [0.15, 0.2) is 23.2 Å². The number of hydrogen-bond acceptors (Lipinski definition) is 4. The highest BCUT2D eigenvalue weighted by molar-refractivity contribution is 5.79. The standard InChI is InChI=1S/C22H36FN5O/c1-3-27-10-12-28(13-11-27)21-8-7-19(15-20(21)23)16-26-22(24-2)25-9-4-14-29-17-18-5-6-18/h7-8,15,18H,3-6,9-14,16-17H2,1-2H3,(H2,24,25,26). The van der Waals surface area contributed by atoms with Gasteiger partial charge in [0.05, 0.1) is 5.69 Å². The average molecular weight is 406 g/mol. The zero-order chi connectivity index (χ0) is 20.5. The Kier molecular flexibility index (Phi) is 8.55. The van der Waals surface area contributed by atoms with E-state index in [1.807, 2.05) is 12.1 Å². The van der Waals surface area contributed by atoms with Gasteiger partial charge < -0.3 is 25.2 Å². The smallest absolute Gasteiger partial charge is 0.191 e. The number of piperazine rings is 1. The molecule has 3 rings (SSSR count). The first-order chi connectivity index (χ1) is 14.2. The van der Waals surface area contributed by atoms with Gasteiger partial charge in [-0.1, -0.05) is 13.0 Å². The Labute approximate surface area is 174 Å². The van der Waals surface area contributed by atoms with Crippen LogP contribution in [0.3, 0.4) is 0 Å². The van der Waals surface area contributed by atoms with Gasteiger partial charge in [0.15, 0.2) is 5.96 Å². The van der Waals surface area contributed by atoms with Crippen LogP contribution in [-0.2, 0) is 11.3 Å². The second-order valence-electron chi connectivity index (χ2n) is 7.93. The summed E-state index contributed by atoms with van der Waals surface area (Å²) >= 11 is 0. The summed E-state index contributed by atoms with van der Waals surface area (Å²) in [6.07, 6.45) is 3.60. The molecule has 1 saturated heterocycles. The molecule has 1 aliphatic heterocycles. The highest BCUT2D eigenvalue weighted by atomic mass is 19.1. The van der Waals surface area contributed by atoms with E-state index in [1.165, 1.54) is 12.8 Å². The lowest BCUT2D eigenvalue weighted by Gasteiger charge is -2.35. The summed E-state index contributed by atoms with van der Waals surface area (Å²) in [5.41, 5.74) is 1.62. The van der Waals surface area contributed by atoms with Crippen molar-refractivity contribution in [2.75, 3.05) is 64.4 Å². The van der Waals surface area contributed by atoms with Crippen molar-refractivity contribution in [3.63, 3.8) is 0 Å². The monoisotopic (exact) mass is 405 g/mol. The molecule has 7 heteroatoms. The molecule has 0 spiro atoms. The molecule has 162 valence electrons. The van der Waals surface area contributed by atoms with E-state index in [0.717, 1.165) is 76.3 Å². The van der Waals surface area contributed by atoms with E-state index >= 15 is 0 Å². The third-order valence-electron chi connectivity index (χ3n) is 5.66. The quantitative estimate of drug-likeness (QED) is 0.356. The number of aliphatic imine (C=N–C) groups is 1. The van der Waals surface area contributed by atoms with Gasteiger partial charge in [-0.2, -0.15) is 0 Å². The number of nitrogens with zero attached hydrogens (tertiary/aromatic N) is 3. The Morgan fingerprint density at radius 3 is 2.66 bits per heavy atom. The van der Waals surface area contributed by atoms with Crippen LogP contribution in [0, 0.1) is 11.7 Å². The molecule has 2 fully saturated rings. The van der Waals surface area contributed by atoms with Crippen molar-refractivity contribution in [2.45, 2.75) is 32.7 Å². The van der Waals surface area contributed by atoms with Crippen molar-refractivity contribution in [2.24, 2.45) is 10.9 Å². The minimum absolute atomic E-state index is 0.148. The number of benzene rings is 1. The number of halogens is 1. The first kappa shape index (κ1) is 21.8. The number of nitrogens with one attached hydrogen (secondary N) is 2. The van der Waals surface area contributed by atoms with E-state index in [4.69, 9.17) is 4.74 Å². The Balaban J connectivity index is 1.38. The van der Waals surface area contributed by atoms with Gasteiger partial charge in [-0.25, -0.2) is 4.39 Å². The summed E-state index contributed by atoms with van der Waals surface area (Å²) in [6, 6.07) is 5.53. The topological polar surface area (TPSA) is 52.1 Å². The Hall–Kier alpha value is -1.86. The van der Waals surface area contributed by atoms with Gasteiger partial charge in [0.2, 0.25) is 0 Å². The van der Waals surface area contributed by atoms with Gasteiger partial charge in [0.1, 0.15) is 5.82 Å². The molecule has 2 aliphatic rings. The molecule has 0 bridgehead atoms. The summed E-state index contributed by atoms with van der Waals surface area (Å²) < 4.78 is 20.3. The molecule has 1 heterocycles. The molecule has 0 unspecified atom stereocenters. The fourth-order valence-corrected chi connectivity index (χ4v) is 3.54. The molecule has 29 heavy (non-hydrogen) atoms. The van der Waals surface area contributed by atoms with E-state index < -0.39 is 0 Å². The first-order valence-corrected chi connectivity index (χ1v) is 11.0. The van der Waals surface area contributed by atoms with Crippen LogP contribution >= 0.6 is 0 Å². The van der Waals surface area contributed by atoms with Gasteiger partial charge in [-0.3, -0.25) is 4.99 Å². The zero-order valence-electron chi connectivity index (χ0n) is 17.9. The molecular formula is C22H36FN5O. The lowest BCUT2D eigenvalue weighted by molar-refractivity contribution is 0.123. The third-order valence-corrected chi connectivity index (χ3v) is 5.66. The predicted octanol–water partition coefficient (Wildman–Crippen LogP) is 2.45. The average Bonchev–Trinajstić information content (AvgIpc) is 3.57. The second kappa shape index (κ2) is 11.4. The number of anilines is 1. The van der Waals surface area contributed by atoms with Crippen molar-refractivity contribution in [1.82, 2.24) is 15.5 Å². The number of ether oxygens (including phenoxy) is 1. The Bertz CT molecular complexity index is 657. The van der Waals surface area contributed by atoms with Crippen LogP contribution in [0.5, 0.6) is 0 Å². The molecule has 1 saturated carbocycles. The fraction of sp³-hybridized carbons (Fsp3) is 0.682. The molecule has 1 aromatic carbocycles. The molecule has 6 nitrogen and oxygen atoms in total. The maximum absolute atomic E-state index is 14.7. The molecule has 0 amide bonds. The summed E-state index contributed by atoms with van der Waals surface area (Å²) in [4.78, 5) is 8.77. The van der Waals surface area contributed by atoms with E-state index in [1.54, 1.807) is 13.1 Å². The lowest BCUT2D eigenvalue weighted by atomic mass is 10.1. The van der Waals surface area contributed by atoms with Gasteiger partial charge in [0, 0.05) is 59.5 Å². The van der Waals surface area contributed by atoms with Gasteiger partial charge in [-0.15, -0.1) is 0 Å². The van der Waals surface area contributed by atoms with Crippen LogP contribution in [0.25, 0.3) is 0 Å². The number of likely N-dealkylation sites (N-methyl/N-ethyl adjacent to an activating group) is 1. The van der Waals surface area contributed by atoms with E-state index in [9.17, 15) is 4.39 Å². The minimum Gasteiger partial charge on any atom is -0.381 e. The Morgan fingerprint density at radius 2 is 2.00 bits per heavy atom. The predicted molar refractivity (Wildman–Crippen MR) is 117 cm³/mol. The SMILES string of the molecule is CCN1CCN(c2ccc(CNC(=NC)NCCCOCC3CC3)cc2F)CC1. The Morgan fingerprint density at radius 1 is 1.21 bits per heavy atom. The highest BCUT2D eigenvalue weighted by Crippen LogP contribution is 2.28. The summed E-state index contributed by atoms with van der Waals surface area (Å²) in [5, 5.41) is 6.54. The third kappa shape index (κ3) is 7.16. The zero-order valence-corrected chi connectivity index (χ0v) is 17.9. The highest BCUT2D eigenvalue weighted by Gasteiger charge is 2.21. The maximum Gasteiger partial charge on any atom is 0.191 e. The molecule has 1 aromatic rings. The normalized spacial score (nSPS) is 18.2. The van der Waals surface area contributed by atoms with E-state index in [0.29, 0.717) is 12.2 Å². The molecule has 2 N–H and O–H groups in total. The van der Waals surface area contributed by atoms with Crippen LogP contribution in [0.4, 0.5) is 10.1 Å². The number of rotatable bonds is 10. The van der Waals surface area contributed by atoms with Crippen molar-refractivity contribution in [1.29, 1.82) is 0 Å². The largest absolute Gasteiger partial charge is 0.381 e. The molecule has 0 atom stereocenters. The van der Waals surface area contributed by atoms with Crippen LogP contribution in [0.1, 0.15) is 31.7 Å². The van der Waals surface area contributed by atoms with Gasteiger partial charge >= 0.3 is 0 Å². The molecule has 0 radical (unpaired) electrons. The van der Waals surface area contributed by atoms with Crippen LogP contribution in [-0.4, -0.2) is 70.4 Å². The first-order valence-electron chi connectivity index (χ1n) is 11.0. The van der Waals surface area contributed by atoms with Gasteiger partial charge in [0.25, 0.3) is 0 Å². The van der Waals surface area contributed by atoms with Crippen molar-refractivity contribution in [3.8, 4) is 0 Å². The maximum atomic E-state index is 14.7. The summed E-state index contributed by atoms with van der Waals surface area (Å²) in [5.74, 6) is 1.39. The molecular weight excluding hydrogens is 369 g/mol. The number of guanidine groups is 1. The van der Waals surface area contributed by atoms with Gasteiger partial charge in [-0.05, 0) is 49.4 Å². The van der Waals surface area contributed by atoms with Crippen molar-refractivity contribution < 1.29 is 9.13 Å².